The van der Waals surface area contributed by atoms with Crippen molar-refractivity contribution in [1.82, 2.24) is 15.0 Å². The fourth-order valence-corrected chi connectivity index (χ4v) is 2.50. The highest BCUT2D eigenvalue weighted by Gasteiger charge is 2.22. The second kappa shape index (κ2) is 7.69. The van der Waals surface area contributed by atoms with Crippen LogP contribution in [0.1, 0.15) is 16.1 Å². The summed E-state index contributed by atoms with van der Waals surface area (Å²) in [7, 11) is 2.87. The molecule has 0 bridgehead atoms. The number of rotatable bonds is 6. The summed E-state index contributed by atoms with van der Waals surface area (Å²) in [4.78, 5) is 24.3. The minimum atomic E-state index is -1.17. The van der Waals surface area contributed by atoms with E-state index in [-0.39, 0.29) is 29.2 Å². The topological polar surface area (TPSA) is 104 Å². The zero-order valence-corrected chi connectivity index (χ0v) is 15.0. The molecule has 0 saturated carbocycles. The molecular formula is C19H17N3O5. The van der Waals surface area contributed by atoms with E-state index in [2.05, 4.69) is 15.0 Å². The molecule has 1 aromatic carbocycles. The highest BCUT2D eigenvalue weighted by molar-refractivity contribution is 5.98. The van der Waals surface area contributed by atoms with Crippen molar-refractivity contribution in [3.63, 3.8) is 0 Å². The first-order valence-electron chi connectivity index (χ1n) is 7.97. The molecule has 8 heteroatoms. The lowest BCUT2D eigenvalue weighted by atomic mass is 10.0. The zero-order chi connectivity index (χ0) is 19.4. The number of nitrogens with zero attached hydrogens (tertiary/aromatic N) is 3. The van der Waals surface area contributed by atoms with Gasteiger partial charge in [0.25, 0.3) is 0 Å². The van der Waals surface area contributed by atoms with Crippen LogP contribution in [0.25, 0.3) is 11.1 Å². The smallest absolute Gasteiger partial charge is 0.341 e. The molecule has 0 saturated heterocycles. The van der Waals surface area contributed by atoms with Gasteiger partial charge in [-0.25, -0.2) is 9.78 Å². The third-order valence-corrected chi connectivity index (χ3v) is 3.68. The molecule has 0 amide bonds. The van der Waals surface area contributed by atoms with E-state index < -0.39 is 5.97 Å². The molecule has 0 unspecified atom stereocenters. The number of pyridine rings is 1. The summed E-state index contributed by atoms with van der Waals surface area (Å²) in [6, 6.07) is 12.2. The summed E-state index contributed by atoms with van der Waals surface area (Å²) in [5, 5.41) is 9.77. The van der Waals surface area contributed by atoms with Gasteiger partial charge in [-0.15, -0.1) is 0 Å². The van der Waals surface area contributed by atoms with E-state index >= 15 is 0 Å². The summed E-state index contributed by atoms with van der Waals surface area (Å²) in [5.41, 5.74) is 1.72. The Bertz CT molecular complexity index is 954. The lowest BCUT2D eigenvalue weighted by molar-refractivity contribution is 0.0694. The van der Waals surface area contributed by atoms with Gasteiger partial charge in [-0.2, -0.15) is 9.97 Å². The Morgan fingerprint density at radius 2 is 1.59 bits per heavy atom. The molecule has 3 rings (SSSR count). The van der Waals surface area contributed by atoms with Crippen molar-refractivity contribution in [2.24, 2.45) is 0 Å². The number of aryl methyl sites for hydroxylation is 1. The van der Waals surface area contributed by atoms with E-state index in [9.17, 15) is 9.90 Å². The molecule has 3 aromatic rings. The van der Waals surface area contributed by atoms with Gasteiger partial charge in [0, 0.05) is 11.3 Å². The number of aromatic nitrogens is 3. The molecule has 0 radical (unpaired) electrons. The van der Waals surface area contributed by atoms with Crippen molar-refractivity contribution in [1.29, 1.82) is 0 Å². The maximum atomic E-state index is 12.0. The van der Waals surface area contributed by atoms with Gasteiger partial charge in [-0.1, -0.05) is 30.3 Å². The van der Waals surface area contributed by atoms with Crippen LogP contribution in [0.5, 0.6) is 23.7 Å². The number of ether oxygens (including phenoxy) is 3. The molecule has 0 aliphatic carbocycles. The number of carbonyl (C=O) groups is 1. The molecule has 0 aliphatic rings. The maximum absolute atomic E-state index is 12.0. The zero-order valence-electron chi connectivity index (χ0n) is 15.0. The first-order valence-corrected chi connectivity index (χ1v) is 7.97. The molecule has 0 spiro atoms. The Morgan fingerprint density at radius 3 is 2.15 bits per heavy atom. The maximum Gasteiger partial charge on any atom is 0.341 e. The standard InChI is InChI=1S/C19H17N3O5/c1-11-9-13(12-7-5-4-6-8-12)16(18(23)24)17(20-11)27-19-21-14(25-2)10-15(22-19)26-3/h4-10H,1-3H3,(H,23,24). The highest BCUT2D eigenvalue weighted by atomic mass is 16.5. The Labute approximate surface area is 155 Å². The predicted octanol–water partition coefficient (Wildman–Crippen LogP) is 3.35. The SMILES string of the molecule is COc1cc(OC)nc(Oc2nc(C)cc(-c3ccccc3)c2C(=O)O)n1. The van der Waals surface area contributed by atoms with Gasteiger partial charge in [-0.3, -0.25) is 0 Å². The van der Waals surface area contributed by atoms with E-state index in [0.717, 1.165) is 5.56 Å². The number of carboxylic acids is 1. The van der Waals surface area contributed by atoms with Gasteiger partial charge in [0.15, 0.2) is 0 Å². The van der Waals surface area contributed by atoms with Crippen LogP contribution in [0.2, 0.25) is 0 Å². The van der Waals surface area contributed by atoms with Gasteiger partial charge in [0.1, 0.15) is 5.56 Å². The van der Waals surface area contributed by atoms with Crippen molar-refractivity contribution in [2.75, 3.05) is 14.2 Å². The monoisotopic (exact) mass is 367 g/mol. The predicted molar refractivity (Wildman–Crippen MR) is 96.6 cm³/mol. The quantitative estimate of drug-likeness (QED) is 0.707. The first kappa shape index (κ1) is 18.1. The number of benzene rings is 1. The number of hydrogen-bond donors (Lipinski definition) is 1. The summed E-state index contributed by atoms with van der Waals surface area (Å²) in [6.07, 6.45) is 0. The van der Waals surface area contributed by atoms with Gasteiger partial charge in [0.2, 0.25) is 17.6 Å². The molecule has 138 valence electrons. The number of aromatic carboxylic acids is 1. The normalized spacial score (nSPS) is 10.3. The summed E-state index contributed by atoms with van der Waals surface area (Å²) >= 11 is 0. The highest BCUT2D eigenvalue weighted by Crippen LogP contribution is 2.33. The van der Waals surface area contributed by atoms with E-state index in [4.69, 9.17) is 14.2 Å². The number of hydrogen-bond acceptors (Lipinski definition) is 7. The fourth-order valence-electron chi connectivity index (χ4n) is 2.50. The van der Waals surface area contributed by atoms with Crippen LogP contribution < -0.4 is 14.2 Å². The average Bonchev–Trinajstić information content (AvgIpc) is 2.67. The first-order chi connectivity index (χ1) is 13.0. The van der Waals surface area contributed by atoms with E-state index in [1.165, 1.54) is 20.3 Å². The van der Waals surface area contributed by atoms with Crippen LogP contribution in [-0.2, 0) is 0 Å². The Hall–Kier alpha value is -3.68. The Morgan fingerprint density at radius 1 is 0.963 bits per heavy atom. The molecule has 2 aromatic heterocycles. The lowest BCUT2D eigenvalue weighted by Gasteiger charge is -2.13. The number of methoxy groups -OCH3 is 2. The van der Waals surface area contributed by atoms with Crippen molar-refractivity contribution in [3.8, 4) is 34.8 Å². The van der Waals surface area contributed by atoms with E-state index in [1.807, 2.05) is 30.3 Å². The lowest BCUT2D eigenvalue weighted by Crippen LogP contribution is -2.07. The second-order valence-corrected chi connectivity index (χ2v) is 5.50. The fraction of sp³-hybridized carbons (Fsp3) is 0.158. The van der Waals surface area contributed by atoms with Crippen LogP contribution in [0.4, 0.5) is 0 Å². The van der Waals surface area contributed by atoms with Crippen molar-refractivity contribution in [3.05, 3.63) is 53.7 Å². The largest absolute Gasteiger partial charge is 0.481 e. The van der Waals surface area contributed by atoms with Gasteiger partial charge >= 0.3 is 12.0 Å². The van der Waals surface area contributed by atoms with Gasteiger partial charge in [-0.05, 0) is 18.6 Å². The minimum Gasteiger partial charge on any atom is -0.481 e. The van der Waals surface area contributed by atoms with Gasteiger partial charge in [0.05, 0.1) is 20.3 Å². The second-order valence-electron chi connectivity index (χ2n) is 5.50. The third-order valence-electron chi connectivity index (χ3n) is 3.68. The molecule has 0 fully saturated rings. The van der Waals surface area contributed by atoms with Crippen molar-refractivity contribution >= 4 is 5.97 Å². The van der Waals surface area contributed by atoms with Crippen LogP contribution >= 0.6 is 0 Å². The Balaban J connectivity index is 2.13. The summed E-state index contributed by atoms with van der Waals surface area (Å²) in [5.74, 6) is -0.864. The summed E-state index contributed by atoms with van der Waals surface area (Å²) < 4.78 is 15.8. The van der Waals surface area contributed by atoms with Crippen LogP contribution in [0.3, 0.4) is 0 Å². The van der Waals surface area contributed by atoms with Crippen molar-refractivity contribution < 1.29 is 24.1 Å². The van der Waals surface area contributed by atoms with Crippen LogP contribution in [-0.4, -0.2) is 40.2 Å². The summed E-state index contributed by atoms with van der Waals surface area (Å²) in [6.45, 7) is 1.75. The van der Waals surface area contributed by atoms with E-state index in [1.54, 1.807) is 13.0 Å². The molecule has 0 atom stereocenters. The molecular weight excluding hydrogens is 350 g/mol. The average molecular weight is 367 g/mol. The Kier molecular flexibility index (Phi) is 5.16. The minimum absolute atomic E-state index is 0.0859. The molecule has 27 heavy (non-hydrogen) atoms. The molecule has 1 N–H and O–H groups in total. The van der Waals surface area contributed by atoms with E-state index in [0.29, 0.717) is 11.3 Å². The molecule has 8 nitrogen and oxygen atoms in total. The van der Waals surface area contributed by atoms with Crippen LogP contribution in [0.15, 0.2) is 42.5 Å². The van der Waals surface area contributed by atoms with Gasteiger partial charge < -0.3 is 19.3 Å². The number of carboxylic acid groups (broad SMARTS) is 1. The molecule has 2 heterocycles. The third kappa shape index (κ3) is 3.95. The van der Waals surface area contributed by atoms with Crippen LogP contribution in [0, 0.1) is 6.92 Å². The van der Waals surface area contributed by atoms with Crippen molar-refractivity contribution in [2.45, 2.75) is 6.92 Å². The molecule has 0 aliphatic heterocycles.